The van der Waals surface area contributed by atoms with Gasteiger partial charge in [-0.25, -0.2) is 4.39 Å². The molecule has 1 rings (SSSR count). The molecule has 1 amide bonds. The Kier molecular flexibility index (Phi) is 5.28. The van der Waals surface area contributed by atoms with Gasteiger partial charge in [-0.05, 0) is 44.5 Å². The molecule has 0 saturated carbocycles. The maximum Gasteiger partial charge on any atom is 0.253 e. The van der Waals surface area contributed by atoms with E-state index in [1.165, 1.54) is 18.2 Å². The maximum absolute atomic E-state index is 13.0. The largest absolute Gasteiger partial charge is 0.377 e. The highest BCUT2D eigenvalue weighted by atomic mass is 19.1. The number of carbonyl (C=O) groups excluding carboxylic acids is 1. The van der Waals surface area contributed by atoms with Crippen molar-refractivity contribution < 1.29 is 13.9 Å². The van der Waals surface area contributed by atoms with Gasteiger partial charge in [0.05, 0.1) is 12.7 Å². The fraction of sp³-hybridized carbons (Fsp3) is 0.500. The molecule has 18 heavy (non-hydrogen) atoms. The van der Waals surface area contributed by atoms with Crippen LogP contribution in [0, 0.1) is 12.7 Å². The number of rotatable bonds is 5. The summed E-state index contributed by atoms with van der Waals surface area (Å²) in [7, 11) is 1.72. The van der Waals surface area contributed by atoms with Crippen LogP contribution in [0.2, 0.25) is 0 Å². The number of nitrogens with zero attached hydrogens (tertiary/aromatic N) is 1. The number of benzene rings is 1. The van der Waals surface area contributed by atoms with Crippen LogP contribution >= 0.6 is 0 Å². The molecular formula is C14H20FNO2. The summed E-state index contributed by atoms with van der Waals surface area (Å²) in [6, 6.07) is 4.19. The number of ether oxygens (including phenoxy) is 1. The van der Waals surface area contributed by atoms with Crippen LogP contribution in [-0.2, 0) is 4.74 Å². The topological polar surface area (TPSA) is 29.5 Å². The van der Waals surface area contributed by atoms with Gasteiger partial charge < -0.3 is 9.64 Å². The highest BCUT2D eigenvalue weighted by Crippen LogP contribution is 2.12. The van der Waals surface area contributed by atoms with Gasteiger partial charge in [-0.3, -0.25) is 4.79 Å². The van der Waals surface area contributed by atoms with E-state index in [1.807, 2.05) is 13.8 Å². The summed E-state index contributed by atoms with van der Waals surface area (Å²) in [5.41, 5.74) is 1.18. The van der Waals surface area contributed by atoms with Gasteiger partial charge in [0.2, 0.25) is 0 Å². The van der Waals surface area contributed by atoms with Gasteiger partial charge in [0.15, 0.2) is 0 Å². The van der Waals surface area contributed by atoms with Crippen LogP contribution in [0.5, 0.6) is 0 Å². The van der Waals surface area contributed by atoms with E-state index in [1.54, 1.807) is 18.9 Å². The summed E-state index contributed by atoms with van der Waals surface area (Å²) in [5.74, 6) is -0.435. The van der Waals surface area contributed by atoms with E-state index in [4.69, 9.17) is 4.74 Å². The Morgan fingerprint density at radius 3 is 2.67 bits per heavy atom. The van der Waals surface area contributed by atoms with Gasteiger partial charge in [0.25, 0.3) is 5.91 Å². The third-order valence-corrected chi connectivity index (χ3v) is 2.64. The zero-order valence-electron chi connectivity index (χ0n) is 11.4. The first kappa shape index (κ1) is 14.6. The zero-order chi connectivity index (χ0) is 13.7. The number of hydrogen-bond donors (Lipinski definition) is 0. The van der Waals surface area contributed by atoms with Crippen LogP contribution in [0.1, 0.15) is 29.8 Å². The predicted octanol–water partition coefficient (Wildman–Crippen LogP) is 2.63. The van der Waals surface area contributed by atoms with E-state index in [-0.39, 0.29) is 17.8 Å². The van der Waals surface area contributed by atoms with E-state index in [0.717, 1.165) is 0 Å². The first-order valence-electron chi connectivity index (χ1n) is 6.05. The van der Waals surface area contributed by atoms with Crippen molar-refractivity contribution in [2.24, 2.45) is 0 Å². The molecule has 0 spiro atoms. The average molecular weight is 253 g/mol. The summed E-state index contributed by atoms with van der Waals surface area (Å²) in [6.07, 6.45) is 0.154. The van der Waals surface area contributed by atoms with Gasteiger partial charge in [0, 0.05) is 19.2 Å². The van der Waals surface area contributed by atoms with E-state index >= 15 is 0 Å². The lowest BCUT2D eigenvalue weighted by atomic mass is 10.1. The maximum atomic E-state index is 13.0. The van der Waals surface area contributed by atoms with E-state index in [9.17, 15) is 9.18 Å². The molecule has 0 aliphatic rings. The van der Waals surface area contributed by atoms with E-state index in [0.29, 0.717) is 24.3 Å². The Labute approximate surface area is 108 Å². The Morgan fingerprint density at radius 1 is 1.44 bits per heavy atom. The molecule has 0 heterocycles. The molecule has 0 saturated heterocycles. The fourth-order valence-electron chi connectivity index (χ4n) is 1.60. The standard InChI is InChI=1S/C14H20FNO2/c1-10(2)18-8-7-16(4)14(17)13-6-5-12(15)9-11(13)3/h5-6,9-10H,7-8H2,1-4H3. The van der Waals surface area contributed by atoms with Crippen molar-refractivity contribution in [3.8, 4) is 0 Å². The summed E-state index contributed by atoms with van der Waals surface area (Å²) in [6.45, 7) is 6.65. The van der Waals surface area contributed by atoms with Crippen LogP contribution in [0.3, 0.4) is 0 Å². The second kappa shape index (κ2) is 6.50. The molecule has 0 aliphatic heterocycles. The van der Waals surface area contributed by atoms with Crippen molar-refractivity contribution >= 4 is 5.91 Å². The summed E-state index contributed by atoms with van der Waals surface area (Å²) >= 11 is 0. The Bertz CT molecular complexity index is 418. The molecule has 1 aromatic carbocycles. The number of aryl methyl sites for hydroxylation is 1. The molecule has 0 bridgehead atoms. The van der Waals surface area contributed by atoms with Crippen molar-refractivity contribution in [2.75, 3.05) is 20.2 Å². The van der Waals surface area contributed by atoms with Gasteiger partial charge in [-0.1, -0.05) is 0 Å². The summed E-state index contributed by atoms with van der Waals surface area (Å²) in [5, 5.41) is 0. The van der Waals surface area contributed by atoms with Crippen molar-refractivity contribution in [2.45, 2.75) is 26.9 Å². The zero-order valence-corrected chi connectivity index (χ0v) is 11.4. The van der Waals surface area contributed by atoms with Crippen LogP contribution in [0.4, 0.5) is 4.39 Å². The quantitative estimate of drug-likeness (QED) is 0.807. The lowest BCUT2D eigenvalue weighted by molar-refractivity contribution is 0.0531. The first-order valence-corrected chi connectivity index (χ1v) is 6.05. The van der Waals surface area contributed by atoms with Crippen molar-refractivity contribution in [1.82, 2.24) is 4.90 Å². The second-order valence-electron chi connectivity index (χ2n) is 4.61. The smallest absolute Gasteiger partial charge is 0.253 e. The summed E-state index contributed by atoms with van der Waals surface area (Å²) < 4.78 is 18.4. The molecule has 100 valence electrons. The number of carbonyl (C=O) groups is 1. The lowest BCUT2D eigenvalue weighted by Gasteiger charge is -2.19. The molecule has 0 unspecified atom stereocenters. The van der Waals surface area contributed by atoms with Crippen molar-refractivity contribution in [1.29, 1.82) is 0 Å². The molecule has 3 nitrogen and oxygen atoms in total. The fourth-order valence-corrected chi connectivity index (χ4v) is 1.60. The van der Waals surface area contributed by atoms with Crippen LogP contribution in [-0.4, -0.2) is 37.1 Å². The number of amides is 1. The Morgan fingerprint density at radius 2 is 2.11 bits per heavy atom. The first-order chi connectivity index (χ1) is 8.41. The molecular weight excluding hydrogens is 233 g/mol. The molecule has 0 aromatic heterocycles. The minimum Gasteiger partial charge on any atom is -0.377 e. The van der Waals surface area contributed by atoms with E-state index in [2.05, 4.69) is 0 Å². The molecule has 0 N–H and O–H groups in total. The monoisotopic (exact) mass is 253 g/mol. The van der Waals surface area contributed by atoms with Gasteiger partial charge >= 0.3 is 0 Å². The molecule has 4 heteroatoms. The molecule has 0 atom stereocenters. The van der Waals surface area contributed by atoms with E-state index < -0.39 is 0 Å². The van der Waals surface area contributed by atoms with Gasteiger partial charge in [-0.2, -0.15) is 0 Å². The minimum atomic E-state index is -0.324. The van der Waals surface area contributed by atoms with Crippen LogP contribution < -0.4 is 0 Å². The average Bonchev–Trinajstić information content (AvgIpc) is 2.27. The third kappa shape index (κ3) is 4.11. The Balaban J connectivity index is 2.63. The number of hydrogen-bond acceptors (Lipinski definition) is 2. The predicted molar refractivity (Wildman–Crippen MR) is 69.2 cm³/mol. The minimum absolute atomic E-state index is 0.111. The second-order valence-corrected chi connectivity index (χ2v) is 4.61. The highest BCUT2D eigenvalue weighted by Gasteiger charge is 2.14. The SMILES string of the molecule is Cc1cc(F)ccc1C(=O)N(C)CCOC(C)C. The normalized spacial score (nSPS) is 10.8. The van der Waals surface area contributed by atoms with Crippen molar-refractivity contribution in [3.05, 3.63) is 35.1 Å². The van der Waals surface area contributed by atoms with Crippen LogP contribution in [0.15, 0.2) is 18.2 Å². The highest BCUT2D eigenvalue weighted by molar-refractivity contribution is 5.95. The van der Waals surface area contributed by atoms with Gasteiger partial charge in [0.1, 0.15) is 5.82 Å². The van der Waals surface area contributed by atoms with Crippen molar-refractivity contribution in [3.63, 3.8) is 0 Å². The lowest BCUT2D eigenvalue weighted by Crippen LogP contribution is -2.31. The van der Waals surface area contributed by atoms with Gasteiger partial charge in [-0.15, -0.1) is 0 Å². The Hall–Kier alpha value is -1.42. The summed E-state index contributed by atoms with van der Waals surface area (Å²) in [4.78, 5) is 13.7. The third-order valence-electron chi connectivity index (χ3n) is 2.64. The molecule has 0 radical (unpaired) electrons. The van der Waals surface area contributed by atoms with Crippen LogP contribution in [0.25, 0.3) is 0 Å². The number of likely N-dealkylation sites (N-methyl/N-ethyl adjacent to an activating group) is 1. The molecule has 0 fully saturated rings. The molecule has 0 aliphatic carbocycles. The number of halogens is 1. The molecule has 1 aromatic rings.